The molecule has 2 aliphatic carbocycles. The summed E-state index contributed by atoms with van der Waals surface area (Å²) in [5, 5.41) is 3.20. The summed E-state index contributed by atoms with van der Waals surface area (Å²) in [7, 11) is 1.97. The predicted molar refractivity (Wildman–Crippen MR) is 82.0 cm³/mol. The highest BCUT2D eigenvalue weighted by atomic mass is 16.5. The molecule has 0 aromatic heterocycles. The topological polar surface area (TPSA) is 24.5 Å². The average Bonchev–Trinajstić information content (AvgIpc) is 3.33. The second-order valence-electron chi connectivity index (χ2n) is 6.16. The summed E-state index contributed by atoms with van der Waals surface area (Å²) in [6.45, 7) is 4.05. The van der Waals surface area contributed by atoms with E-state index >= 15 is 0 Å². The van der Waals surface area contributed by atoms with Crippen LogP contribution in [-0.4, -0.2) is 37.7 Å². The molecule has 3 heteroatoms. The minimum Gasteiger partial charge on any atom is -0.492 e. The molecular formula is C17H26N2O. The van der Waals surface area contributed by atoms with Crippen molar-refractivity contribution in [2.75, 3.05) is 26.7 Å². The molecule has 2 saturated carbocycles. The second-order valence-corrected chi connectivity index (χ2v) is 6.16. The number of hydrogen-bond acceptors (Lipinski definition) is 3. The van der Waals surface area contributed by atoms with Crippen molar-refractivity contribution in [2.24, 2.45) is 5.92 Å². The molecule has 110 valence electrons. The zero-order valence-electron chi connectivity index (χ0n) is 12.5. The van der Waals surface area contributed by atoms with Gasteiger partial charge in [0, 0.05) is 31.2 Å². The van der Waals surface area contributed by atoms with Gasteiger partial charge in [0.1, 0.15) is 12.4 Å². The Hall–Kier alpha value is -1.06. The second kappa shape index (κ2) is 6.59. The van der Waals surface area contributed by atoms with Gasteiger partial charge in [-0.3, -0.25) is 4.90 Å². The summed E-state index contributed by atoms with van der Waals surface area (Å²) in [4.78, 5) is 2.65. The van der Waals surface area contributed by atoms with Crippen LogP contribution in [0.5, 0.6) is 5.75 Å². The Balaban J connectivity index is 1.48. The van der Waals surface area contributed by atoms with Gasteiger partial charge in [-0.05, 0) is 44.7 Å². The molecule has 0 bridgehead atoms. The zero-order chi connectivity index (χ0) is 13.8. The molecule has 3 rings (SSSR count). The number of nitrogens with one attached hydrogen (secondary N) is 1. The van der Waals surface area contributed by atoms with Crippen LogP contribution in [-0.2, 0) is 6.54 Å². The Morgan fingerprint density at radius 2 is 2.00 bits per heavy atom. The third-order valence-corrected chi connectivity index (χ3v) is 4.23. The number of rotatable bonds is 9. The highest BCUT2D eigenvalue weighted by molar-refractivity contribution is 5.33. The molecule has 1 aromatic carbocycles. The van der Waals surface area contributed by atoms with Crippen molar-refractivity contribution >= 4 is 0 Å². The van der Waals surface area contributed by atoms with Gasteiger partial charge < -0.3 is 10.1 Å². The molecule has 2 fully saturated rings. The standard InChI is InChI=1S/C17H26N2O/c1-18-12-15-4-2-3-5-17(15)20-11-10-19(16-8-9-16)13-14-6-7-14/h2-5,14,16,18H,6-13H2,1H3. The molecule has 0 unspecified atom stereocenters. The first-order valence-electron chi connectivity index (χ1n) is 7.96. The monoisotopic (exact) mass is 274 g/mol. The number of hydrogen-bond donors (Lipinski definition) is 1. The smallest absolute Gasteiger partial charge is 0.123 e. The van der Waals surface area contributed by atoms with Crippen LogP contribution in [0.2, 0.25) is 0 Å². The molecule has 0 saturated heterocycles. The lowest BCUT2D eigenvalue weighted by atomic mass is 10.2. The van der Waals surface area contributed by atoms with Crippen LogP contribution in [0, 0.1) is 5.92 Å². The van der Waals surface area contributed by atoms with Crippen molar-refractivity contribution in [2.45, 2.75) is 38.3 Å². The minimum atomic E-state index is 0.809. The third kappa shape index (κ3) is 3.97. The van der Waals surface area contributed by atoms with E-state index in [4.69, 9.17) is 4.74 Å². The molecule has 0 amide bonds. The lowest BCUT2D eigenvalue weighted by Gasteiger charge is -2.22. The maximum absolute atomic E-state index is 6.02. The molecule has 0 heterocycles. The van der Waals surface area contributed by atoms with Gasteiger partial charge in [0.25, 0.3) is 0 Å². The first kappa shape index (κ1) is 13.9. The van der Waals surface area contributed by atoms with E-state index in [0.29, 0.717) is 0 Å². The molecule has 2 aliphatic rings. The fraction of sp³-hybridized carbons (Fsp3) is 0.647. The highest BCUT2D eigenvalue weighted by Crippen LogP contribution is 2.34. The normalized spacial score (nSPS) is 18.5. The summed E-state index contributed by atoms with van der Waals surface area (Å²) in [5.41, 5.74) is 1.25. The van der Waals surface area contributed by atoms with Crippen LogP contribution >= 0.6 is 0 Å². The molecule has 1 aromatic rings. The van der Waals surface area contributed by atoms with E-state index in [1.54, 1.807) is 0 Å². The van der Waals surface area contributed by atoms with E-state index in [1.807, 2.05) is 7.05 Å². The number of para-hydroxylation sites is 1. The fourth-order valence-electron chi connectivity index (χ4n) is 2.75. The van der Waals surface area contributed by atoms with Crippen molar-refractivity contribution in [3.05, 3.63) is 29.8 Å². The van der Waals surface area contributed by atoms with Gasteiger partial charge in [0.15, 0.2) is 0 Å². The summed E-state index contributed by atoms with van der Waals surface area (Å²) < 4.78 is 6.02. The Bertz CT molecular complexity index is 427. The van der Waals surface area contributed by atoms with Gasteiger partial charge in [0.2, 0.25) is 0 Å². The van der Waals surface area contributed by atoms with Crippen molar-refractivity contribution in [3.8, 4) is 5.75 Å². The number of benzene rings is 1. The van der Waals surface area contributed by atoms with Crippen LogP contribution in [0.15, 0.2) is 24.3 Å². The zero-order valence-corrected chi connectivity index (χ0v) is 12.5. The van der Waals surface area contributed by atoms with E-state index in [-0.39, 0.29) is 0 Å². The average molecular weight is 274 g/mol. The molecular weight excluding hydrogens is 248 g/mol. The van der Waals surface area contributed by atoms with Crippen LogP contribution in [0.25, 0.3) is 0 Å². The van der Waals surface area contributed by atoms with Gasteiger partial charge in [-0.15, -0.1) is 0 Å². The highest BCUT2D eigenvalue weighted by Gasteiger charge is 2.33. The molecule has 0 atom stereocenters. The fourth-order valence-corrected chi connectivity index (χ4v) is 2.75. The summed E-state index contributed by atoms with van der Waals surface area (Å²) in [5.74, 6) is 2.01. The SMILES string of the molecule is CNCc1ccccc1OCCN(CC1CC1)C1CC1. The lowest BCUT2D eigenvalue weighted by Crippen LogP contribution is -2.32. The predicted octanol–water partition coefficient (Wildman–Crippen LogP) is 2.66. The molecule has 20 heavy (non-hydrogen) atoms. The third-order valence-electron chi connectivity index (χ3n) is 4.23. The Kier molecular flexibility index (Phi) is 4.58. The van der Waals surface area contributed by atoms with E-state index in [9.17, 15) is 0 Å². The van der Waals surface area contributed by atoms with Crippen molar-refractivity contribution in [1.29, 1.82) is 0 Å². The first-order chi connectivity index (χ1) is 9.86. The molecule has 0 spiro atoms. The molecule has 3 nitrogen and oxygen atoms in total. The van der Waals surface area contributed by atoms with E-state index in [2.05, 4.69) is 34.5 Å². The minimum absolute atomic E-state index is 0.809. The number of ether oxygens (including phenoxy) is 1. The van der Waals surface area contributed by atoms with Gasteiger partial charge in [0.05, 0.1) is 0 Å². The van der Waals surface area contributed by atoms with Crippen LogP contribution < -0.4 is 10.1 Å². The Labute approximate surface area is 122 Å². The van der Waals surface area contributed by atoms with Gasteiger partial charge in [-0.1, -0.05) is 18.2 Å². The van der Waals surface area contributed by atoms with Gasteiger partial charge in [-0.25, -0.2) is 0 Å². The maximum atomic E-state index is 6.02. The molecule has 0 radical (unpaired) electrons. The quantitative estimate of drug-likeness (QED) is 0.749. The van der Waals surface area contributed by atoms with Crippen molar-refractivity contribution in [3.63, 3.8) is 0 Å². The number of nitrogens with zero attached hydrogens (tertiary/aromatic N) is 1. The Morgan fingerprint density at radius 1 is 1.20 bits per heavy atom. The van der Waals surface area contributed by atoms with Crippen molar-refractivity contribution < 1.29 is 4.74 Å². The lowest BCUT2D eigenvalue weighted by molar-refractivity contribution is 0.194. The van der Waals surface area contributed by atoms with Crippen molar-refractivity contribution in [1.82, 2.24) is 10.2 Å². The molecule has 0 aliphatic heterocycles. The van der Waals surface area contributed by atoms with E-state index in [0.717, 1.165) is 37.4 Å². The first-order valence-corrected chi connectivity index (χ1v) is 7.96. The summed E-state index contributed by atoms with van der Waals surface area (Å²) >= 11 is 0. The van der Waals surface area contributed by atoms with Crippen LogP contribution in [0.1, 0.15) is 31.2 Å². The largest absolute Gasteiger partial charge is 0.492 e. The summed E-state index contributed by atoms with van der Waals surface area (Å²) in [6.07, 6.45) is 5.66. The maximum Gasteiger partial charge on any atom is 0.123 e. The van der Waals surface area contributed by atoms with Crippen LogP contribution in [0.3, 0.4) is 0 Å². The van der Waals surface area contributed by atoms with Crippen LogP contribution in [0.4, 0.5) is 0 Å². The Morgan fingerprint density at radius 3 is 2.70 bits per heavy atom. The van der Waals surface area contributed by atoms with Gasteiger partial charge in [-0.2, -0.15) is 0 Å². The van der Waals surface area contributed by atoms with Gasteiger partial charge >= 0.3 is 0 Å². The van der Waals surface area contributed by atoms with E-state index < -0.39 is 0 Å². The van der Waals surface area contributed by atoms with E-state index in [1.165, 1.54) is 37.8 Å². The molecule has 1 N–H and O–H groups in total. The summed E-state index contributed by atoms with van der Waals surface area (Å²) in [6, 6.07) is 9.19.